The molecule has 0 saturated carbocycles. The average Bonchev–Trinajstić information content (AvgIpc) is 2.84. The first-order valence-electron chi connectivity index (χ1n) is 10.6. The van der Waals surface area contributed by atoms with Crippen LogP contribution < -0.4 is 21.9 Å². The van der Waals surface area contributed by atoms with Crippen molar-refractivity contribution in [2.75, 3.05) is 18.4 Å². The standard InChI is InChI=1S/C23H28ClN7O2/c1-26-30-21(29-25)28-20(32)12-14-23(17-6-3-2-4-7-17)13-5-15-31(16-23)22(33)27-19-10-8-18(24)9-11-19/h2-4,6-11H,1,5,12-16,25H2,(H,27,33)(H2,28,29,30,32). The Bertz CT molecular complexity index is 998. The third-order valence-electron chi connectivity index (χ3n) is 5.74. The van der Waals surface area contributed by atoms with Crippen LogP contribution in [0.4, 0.5) is 10.5 Å². The van der Waals surface area contributed by atoms with Crippen LogP contribution in [0.1, 0.15) is 31.2 Å². The van der Waals surface area contributed by atoms with Crippen molar-refractivity contribution in [2.24, 2.45) is 16.0 Å². The van der Waals surface area contributed by atoms with E-state index in [4.69, 9.17) is 17.4 Å². The Morgan fingerprint density at radius 1 is 1.15 bits per heavy atom. The fourth-order valence-electron chi connectivity index (χ4n) is 4.12. The second-order valence-corrected chi connectivity index (χ2v) is 8.33. The molecule has 9 nitrogen and oxygen atoms in total. The monoisotopic (exact) mass is 469 g/mol. The number of piperidine rings is 1. The van der Waals surface area contributed by atoms with Gasteiger partial charge in [-0.25, -0.2) is 10.6 Å². The maximum Gasteiger partial charge on any atom is 0.321 e. The number of nitrogens with one attached hydrogen (secondary N) is 3. The zero-order chi connectivity index (χ0) is 23.7. The van der Waals surface area contributed by atoms with Crippen LogP contribution in [0, 0.1) is 0 Å². The lowest BCUT2D eigenvalue weighted by Crippen LogP contribution is -2.50. The maximum atomic E-state index is 13.0. The number of nitrogens with two attached hydrogens (primary N) is 1. The summed E-state index contributed by atoms with van der Waals surface area (Å²) < 4.78 is 0. The van der Waals surface area contributed by atoms with Gasteiger partial charge in [0.25, 0.3) is 0 Å². The lowest BCUT2D eigenvalue weighted by atomic mass is 9.71. The number of hydrogen-bond acceptors (Lipinski definition) is 5. The van der Waals surface area contributed by atoms with Crippen LogP contribution in [-0.2, 0) is 10.2 Å². The van der Waals surface area contributed by atoms with Crippen molar-refractivity contribution in [3.05, 3.63) is 65.2 Å². The van der Waals surface area contributed by atoms with Crippen molar-refractivity contribution in [1.82, 2.24) is 15.6 Å². The summed E-state index contributed by atoms with van der Waals surface area (Å²) in [5.74, 6) is 5.11. The van der Waals surface area contributed by atoms with Gasteiger partial charge in [-0.3, -0.25) is 15.5 Å². The fraction of sp³-hybridized carbons (Fsp3) is 0.304. The van der Waals surface area contributed by atoms with Gasteiger partial charge in [-0.2, -0.15) is 5.10 Å². The quantitative estimate of drug-likeness (QED) is 0.224. The zero-order valence-corrected chi connectivity index (χ0v) is 19.0. The van der Waals surface area contributed by atoms with Gasteiger partial charge in [0.15, 0.2) is 0 Å². The van der Waals surface area contributed by atoms with Gasteiger partial charge in [-0.05, 0) is 49.1 Å². The predicted octanol–water partition coefficient (Wildman–Crippen LogP) is 3.24. The highest BCUT2D eigenvalue weighted by Crippen LogP contribution is 2.38. The molecule has 1 unspecified atom stereocenters. The molecular weight excluding hydrogens is 442 g/mol. The van der Waals surface area contributed by atoms with Crippen LogP contribution in [0.5, 0.6) is 0 Å². The molecule has 33 heavy (non-hydrogen) atoms. The molecule has 1 saturated heterocycles. The predicted molar refractivity (Wildman–Crippen MR) is 131 cm³/mol. The van der Waals surface area contributed by atoms with Gasteiger partial charge in [0, 0.05) is 42.4 Å². The Morgan fingerprint density at radius 3 is 2.55 bits per heavy atom. The van der Waals surface area contributed by atoms with Gasteiger partial charge in [0.05, 0.1) is 0 Å². The second-order valence-electron chi connectivity index (χ2n) is 7.89. The van der Waals surface area contributed by atoms with E-state index < -0.39 is 0 Å². The van der Waals surface area contributed by atoms with Crippen LogP contribution in [0.25, 0.3) is 0 Å². The Balaban J connectivity index is 1.75. The highest BCUT2D eigenvalue weighted by atomic mass is 35.5. The first kappa shape index (κ1) is 24.2. The highest BCUT2D eigenvalue weighted by Gasteiger charge is 2.39. The average molecular weight is 470 g/mol. The zero-order valence-electron chi connectivity index (χ0n) is 18.3. The molecular formula is C23H28ClN7O2. The lowest BCUT2D eigenvalue weighted by Gasteiger charge is -2.43. The van der Waals surface area contributed by atoms with E-state index >= 15 is 0 Å². The highest BCUT2D eigenvalue weighted by molar-refractivity contribution is 6.30. The first-order valence-corrected chi connectivity index (χ1v) is 11.0. The molecule has 0 aliphatic carbocycles. The molecule has 1 fully saturated rings. The normalized spacial score (nSPS) is 18.4. The number of halogens is 1. The molecule has 1 aliphatic heterocycles. The van der Waals surface area contributed by atoms with Crippen LogP contribution >= 0.6 is 11.6 Å². The summed E-state index contributed by atoms with van der Waals surface area (Å²) in [6.45, 7) is 4.38. The summed E-state index contributed by atoms with van der Waals surface area (Å²) in [4.78, 5) is 27.4. The van der Waals surface area contributed by atoms with Crippen molar-refractivity contribution < 1.29 is 9.59 Å². The van der Waals surface area contributed by atoms with Gasteiger partial charge in [-0.1, -0.05) is 41.9 Å². The molecule has 10 heteroatoms. The second kappa shape index (κ2) is 11.4. The molecule has 0 radical (unpaired) electrons. The van der Waals surface area contributed by atoms with Crippen molar-refractivity contribution >= 4 is 41.9 Å². The molecule has 3 amide bonds. The van der Waals surface area contributed by atoms with E-state index in [1.54, 1.807) is 29.2 Å². The van der Waals surface area contributed by atoms with Crippen LogP contribution in [0.2, 0.25) is 5.02 Å². The van der Waals surface area contributed by atoms with E-state index in [2.05, 4.69) is 45.1 Å². The van der Waals surface area contributed by atoms with Crippen LogP contribution in [0.3, 0.4) is 0 Å². The number of nitrogens with zero attached hydrogens (tertiary/aromatic N) is 3. The Kier molecular flexibility index (Phi) is 8.39. The summed E-state index contributed by atoms with van der Waals surface area (Å²) in [5.41, 5.74) is 3.69. The molecule has 0 aromatic heterocycles. The SMILES string of the molecule is C=N/N=C(\NN)NC(=O)CCC1(c2ccccc2)CCCN(C(=O)Nc2ccc(Cl)cc2)C1. The molecule has 1 atom stereocenters. The van der Waals surface area contributed by atoms with Crippen molar-refractivity contribution in [1.29, 1.82) is 0 Å². The van der Waals surface area contributed by atoms with E-state index in [1.165, 1.54) is 0 Å². The lowest BCUT2D eigenvalue weighted by molar-refractivity contribution is -0.120. The molecule has 1 aliphatic rings. The van der Waals surface area contributed by atoms with Gasteiger partial charge >= 0.3 is 6.03 Å². The summed E-state index contributed by atoms with van der Waals surface area (Å²) in [6, 6.07) is 16.8. The number of rotatable bonds is 6. The molecule has 0 spiro atoms. The van der Waals surface area contributed by atoms with Crippen LogP contribution in [-0.4, -0.2) is 42.6 Å². The van der Waals surface area contributed by atoms with Gasteiger partial charge < -0.3 is 10.2 Å². The maximum absolute atomic E-state index is 13.0. The largest absolute Gasteiger partial charge is 0.324 e. The number of urea groups is 1. The van der Waals surface area contributed by atoms with Gasteiger partial charge in [0.1, 0.15) is 0 Å². The van der Waals surface area contributed by atoms with Gasteiger partial charge in [-0.15, -0.1) is 5.10 Å². The van der Waals surface area contributed by atoms with Crippen molar-refractivity contribution in [3.8, 4) is 0 Å². The Hall–Kier alpha value is -3.43. The fourth-order valence-corrected chi connectivity index (χ4v) is 4.25. The molecule has 3 rings (SSSR count). The van der Waals surface area contributed by atoms with Crippen molar-refractivity contribution in [3.63, 3.8) is 0 Å². The van der Waals surface area contributed by atoms with E-state index in [0.717, 1.165) is 18.4 Å². The minimum absolute atomic E-state index is 0.0244. The molecule has 1 heterocycles. The third-order valence-corrected chi connectivity index (χ3v) is 5.99. The van der Waals surface area contributed by atoms with E-state index in [0.29, 0.717) is 30.2 Å². The number of anilines is 1. The smallest absolute Gasteiger partial charge is 0.321 e. The summed E-state index contributed by atoms with van der Waals surface area (Å²) >= 11 is 5.94. The number of guanidine groups is 1. The Morgan fingerprint density at radius 2 is 1.88 bits per heavy atom. The van der Waals surface area contributed by atoms with Crippen LogP contribution in [0.15, 0.2) is 64.8 Å². The molecule has 5 N–H and O–H groups in total. The van der Waals surface area contributed by atoms with Crippen molar-refractivity contribution in [2.45, 2.75) is 31.1 Å². The van der Waals surface area contributed by atoms with E-state index in [9.17, 15) is 9.59 Å². The third kappa shape index (κ3) is 6.53. The minimum Gasteiger partial charge on any atom is -0.324 e. The van der Waals surface area contributed by atoms with Gasteiger partial charge in [0.2, 0.25) is 11.9 Å². The number of carbonyl (C=O) groups is 2. The molecule has 2 aromatic carbocycles. The summed E-state index contributed by atoms with van der Waals surface area (Å²) in [6.07, 6.45) is 2.45. The molecule has 0 bridgehead atoms. The summed E-state index contributed by atoms with van der Waals surface area (Å²) in [5, 5.41) is 13.1. The number of hydrazine groups is 1. The topological polar surface area (TPSA) is 124 Å². The number of amides is 3. The number of hydrogen-bond donors (Lipinski definition) is 4. The number of benzene rings is 2. The molecule has 174 valence electrons. The first-order chi connectivity index (χ1) is 16.0. The number of carbonyl (C=O) groups excluding carboxylic acids is 2. The van der Waals surface area contributed by atoms with E-state index in [-0.39, 0.29) is 29.7 Å². The Labute approximate surface area is 198 Å². The molecule has 2 aromatic rings. The minimum atomic E-state index is -0.363. The summed E-state index contributed by atoms with van der Waals surface area (Å²) in [7, 11) is 0. The van der Waals surface area contributed by atoms with E-state index in [1.807, 2.05) is 18.2 Å². The number of likely N-dealkylation sites (tertiary alicyclic amines) is 1.